The highest BCUT2D eigenvalue weighted by molar-refractivity contribution is 5.34. The number of para-hydroxylation sites is 1. The quantitative estimate of drug-likeness (QED) is 0.323. The second kappa shape index (κ2) is 11.1. The lowest BCUT2D eigenvalue weighted by Crippen LogP contribution is -2.27. The Bertz CT molecular complexity index is 921. The molecule has 3 heteroatoms. The van der Waals surface area contributed by atoms with Crippen molar-refractivity contribution in [2.45, 2.75) is 52.2 Å². The van der Waals surface area contributed by atoms with Gasteiger partial charge in [-0.2, -0.15) is 0 Å². The summed E-state index contributed by atoms with van der Waals surface area (Å²) in [6.45, 7) is 10.5. The molecule has 164 valence electrons. The van der Waals surface area contributed by atoms with Crippen molar-refractivity contribution in [2.75, 3.05) is 13.2 Å². The van der Waals surface area contributed by atoms with E-state index < -0.39 is 0 Å². The smallest absolute Gasteiger partial charge is 0.127 e. The third kappa shape index (κ3) is 6.43. The first-order chi connectivity index (χ1) is 15.0. The Kier molecular flexibility index (Phi) is 8.27. The number of hydrogen-bond acceptors (Lipinski definition) is 3. The molecule has 2 unspecified atom stereocenters. The van der Waals surface area contributed by atoms with Gasteiger partial charge in [0.2, 0.25) is 0 Å². The van der Waals surface area contributed by atoms with E-state index in [1.165, 1.54) is 11.1 Å². The maximum Gasteiger partial charge on any atom is 0.127 e. The summed E-state index contributed by atoms with van der Waals surface area (Å²) in [4.78, 5) is 0. The van der Waals surface area contributed by atoms with Crippen LogP contribution in [0.2, 0.25) is 0 Å². The molecule has 0 fully saturated rings. The van der Waals surface area contributed by atoms with Gasteiger partial charge >= 0.3 is 0 Å². The molecule has 0 saturated carbocycles. The van der Waals surface area contributed by atoms with Gasteiger partial charge in [-0.3, -0.25) is 0 Å². The number of ether oxygens (including phenoxy) is 3. The molecule has 0 heterocycles. The lowest BCUT2D eigenvalue weighted by Gasteiger charge is -2.29. The second-order valence-corrected chi connectivity index (χ2v) is 8.19. The first-order valence-corrected chi connectivity index (χ1v) is 11.2. The predicted octanol–water partition coefficient (Wildman–Crippen LogP) is 7.46. The van der Waals surface area contributed by atoms with Gasteiger partial charge in [0, 0.05) is 12.0 Å². The molecule has 0 aliphatic carbocycles. The van der Waals surface area contributed by atoms with E-state index in [0.717, 1.165) is 30.1 Å². The zero-order valence-corrected chi connectivity index (χ0v) is 19.1. The lowest BCUT2D eigenvalue weighted by atomic mass is 9.80. The zero-order chi connectivity index (χ0) is 22.1. The van der Waals surface area contributed by atoms with Crippen molar-refractivity contribution < 1.29 is 14.2 Å². The van der Waals surface area contributed by atoms with Crippen LogP contribution in [0.25, 0.3) is 0 Å². The molecule has 3 aromatic rings. The van der Waals surface area contributed by atoms with Gasteiger partial charge < -0.3 is 14.2 Å². The average Bonchev–Trinajstić information content (AvgIpc) is 2.80. The Labute approximate surface area is 187 Å². The summed E-state index contributed by atoms with van der Waals surface area (Å²) in [6.07, 6.45) is 1.12. The maximum atomic E-state index is 6.17. The molecule has 0 saturated heterocycles. The van der Waals surface area contributed by atoms with Crippen molar-refractivity contribution in [2.24, 2.45) is 0 Å². The first kappa shape index (κ1) is 23.1. The average molecular weight is 419 g/mol. The summed E-state index contributed by atoms with van der Waals surface area (Å²) in [5.41, 5.74) is 3.57. The van der Waals surface area contributed by atoms with E-state index in [-0.39, 0.29) is 11.5 Å². The summed E-state index contributed by atoms with van der Waals surface area (Å²) in [7, 11) is 0. The lowest BCUT2D eigenvalue weighted by molar-refractivity contribution is 0.0737. The van der Waals surface area contributed by atoms with Crippen LogP contribution in [0.1, 0.15) is 56.9 Å². The highest BCUT2D eigenvalue weighted by atomic mass is 16.5. The molecule has 3 aromatic carbocycles. The summed E-state index contributed by atoms with van der Waals surface area (Å²) < 4.78 is 17.8. The monoisotopic (exact) mass is 418 g/mol. The van der Waals surface area contributed by atoms with Gasteiger partial charge in [0.1, 0.15) is 11.5 Å². The van der Waals surface area contributed by atoms with Gasteiger partial charge in [-0.05, 0) is 61.2 Å². The van der Waals surface area contributed by atoms with Gasteiger partial charge in [-0.25, -0.2) is 0 Å². The highest BCUT2D eigenvalue weighted by Gasteiger charge is 2.25. The van der Waals surface area contributed by atoms with Crippen LogP contribution in [0.5, 0.6) is 11.5 Å². The molecule has 0 N–H and O–H groups in total. The summed E-state index contributed by atoms with van der Waals surface area (Å²) in [5.74, 6) is 1.66. The summed E-state index contributed by atoms with van der Waals surface area (Å²) >= 11 is 0. The Morgan fingerprint density at radius 1 is 0.839 bits per heavy atom. The molecule has 3 rings (SSSR count). The van der Waals surface area contributed by atoms with Gasteiger partial charge in [0.25, 0.3) is 0 Å². The van der Waals surface area contributed by atoms with Crippen LogP contribution in [0.4, 0.5) is 0 Å². The predicted molar refractivity (Wildman–Crippen MR) is 127 cm³/mol. The topological polar surface area (TPSA) is 27.7 Å². The molecule has 2 atom stereocenters. The molecule has 0 aromatic heterocycles. The van der Waals surface area contributed by atoms with Crippen LogP contribution < -0.4 is 4.74 Å². The van der Waals surface area contributed by atoms with E-state index in [9.17, 15) is 0 Å². The fourth-order valence-electron chi connectivity index (χ4n) is 3.61. The summed E-state index contributed by atoms with van der Waals surface area (Å²) in [5, 5.41) is 0. The van der Waals surface area contributed by atoms with E-state index in [1.54, 1.807) is 0 Å². The normalized spacial score (nSPS) is 14.1. The van der Waals surface area contributed by atoms with Crippen LogP contribution in [-0.2, 0) is 21.5 Å². The SMILES string of the molecule is CCOC(C)c1ccc(C(C)(CC)COCc2cccc(Oc3ccccc3)c2)cc1. The Morgan fingerprint density at radius 3 is 2.23 bits per heavy atom. The van der Waals surface area contributed by atoms with E-state index in [2.05, 4.69) is 51.1 Å². The standard InChI is InChI=1S/C28H34O3/c1-5-28(4,25-17-15-24(16-18-25)22(3)30-6-2)21-29-20-23-11-10-14-27(19-23)31-26-12-8-7-9-13-26/h7-19,22H,5-6,20-21H2,1-4H3. The minimum Gasteiger partial charge on any atom is -0.457 e. The van der Waals surface area contributed by atoms with Gasteiger partial charge in [0.05, 0.1) is 19.3 Å². The number of benzene rings is 3. The maximum absolute atomic E-state index is 6.17. The van der Waals surface area contributed by atoms with Gasteiger partial charge in [-0.1, -0.05) is 68.4 Å². The largest absolute Gasteiger partial charge is 0.457 e. The Balaban J connectivity index is 1.59. The first-order valence-electron chi connectivity index (χ1n) is 11.2. The molecule has 0 bridgehead atoms. The second-order valence-electron chi connectivity index (χ2n) is 8.19. The fourth-order valence-corrected chi connectivity index (χ4v) is 3.61. The molecule has 31 heavy (non-hydrogen) atoms. The Hall–Kier alpha value is -2.62. The van der Waals surface area contributed by atoms with Crippen molar-refractivity contribution in [1.82, 2.24) is 0 Å². The summed E-state index contributed by atoms with van der Waals surface area (Å²) in [6, 6.07) is 26.7. The molecule has 0 radical (unpaired) electrons. The highest BCUT2D eigenvalue weighted by Crippen LogP contribution is 2.30. The molecule has 3 nitrogen and oxygen atoms in total. The van der Waals surface area contributed by atoms with Crippen LogP contribution in [0.3, 0.4) is 0 Å². The van der Waals surface area contributed by atoms with Crippen LogP contribution >= 0.6 is 0 Å². The van der Waals surface area contributed by atoms with Crippen molar-refractivity contribution in [1.29, 1.82) is 0 Å². The van der Waals surface area contributed by atoms with Crippen molar-refractivity contribution in [3.8, 4) is 11.5 Å². The molecular weight excluding hydrogens is 384 g/mol. The van der Waals surface area contributed by atoms with Crippen molar-refractivity contribution >= 4 is 0 Å². The number of hydrogen-bond donors (Lipinski definition) is 0. The Morgan fingerprint density at radius 2 is 1.55 bits per heavy atom. The van der Waals surface area contributed by atoms with E-state index in [0.29, 0.717) is 13.2 Å². The van der Waals surface area contributed by atoms with Crippen LogP contribution in [0.15, 0.2) is 78.9 Å². The van der Waals surface area contributed by atoms with E-state index in [4.69, 9.17) is 14.2 Å². The molecular formula is C28H34O3. The molecule has 0 amide bonds. The minimum absolute atomic E-state index is 0.0362. The number of rotatable bonds is 11. The molecule has 0 aliphatic rings. The van der Waals surface area contributed by atoms with Crippen LogP contribution in [-0.4, -0.2) is 13.2 Å². The van der Waals surface area contributed by atoms with E-state index in [1.807, 2.05) is 55.5 Å². The van der Waals surface area contributed by atoms with Crippen molar-refractivity contribution in [3.05, 3.63) is 95.6 Å². The molecule has 0 spiro atoms. The van der Waals surface area contributed by atoms with Crippen molar-refractivity contribution in [3.63, 3.8) is 0 Å². The van der Waals surface area contributed by atoms with E-state index >= 15 is 0 Å². The molecule has 0 aliphatic heterocycles. The minimum atomic E-state index is -0.0362. The van der Waals surface area contributed by atoms with Gasteiger partial charge in [0.15, 0.2) is 0 Å². The third-order valence-corrected chi connectivity index (χ3v) is 5.84. The van der Waals surface area contributed by atoms with Crippen LogP contribution in [0, 0.1) is 0 Å². The zero-order valence-electron chi connectivity index (χ0n) is 19.1. The third-order valence-electron chi connectivity index (χ3n) is 5.84. The fraction of sp³-hybridized carbons (Fsp3) is 0.357. The van der Waals surface area contributed by atoms with Gasteiger partial charge in [-0.15, -0.1) is 0 Å².